The molecule has 0 spiro atoms. The Morgan fingerprint density at radius 2 is 2.12 bits per heavy atom. The minimum absolute atomic E-state index is 0.477. The first kappa shape index (κ1) is 13.4. The summed E-state index contributed by atoms with van der Waals surface area (Å²) in [5, 5.41) is 4.20. The molecule has 0 aliphatic carbocycles. The Morgan fingerprint density at radius 1 is 1.38 bits per heavy atom. The van der Waals surface area contributed by atoms with Gasteiger partial charge in [-0.3, -0.25) is 0 Å². The summed E-state index contributed by atoms with van der Waals surface area (Å²) >= 11 is 11.7. The van der Waals surface area contributed by atoms with Crippen LogP contribution in [0, 0.1) is 0 Å². The highest BCUT2D eigenvalue weighted by Crippen LogP contribution is 2.26. The number of halogens is 2. The van der Waals surface area contributed by atoms with Crippen molar-refractivity contribution in [3.8, 4) is 5.75 Å². The lowest BCUT2D eigenvalue weighted by molar-refractivity contribution is 0.348. The lowest BCUT2D eigenvalue weighted by atomic mass is 10.3. The van der Waals surface area contributed by atoms with Gasteiger partial charge < -0.3 is 10.1 Å². The fraction of sp³-hybridized carbons (Fsp3) is 0.333. The smallest absolute Gasteiger partial charge is 0.121 e. The fourth-order valence-corrected chi connectivity index (χ4v) is 1.39. The minimum Gasteiger partial charge on any atom is -0.489 e. The molecule has 0 aliphatic heterocycles. The second-order valence-corrected chi connectivity index (χ2v) is 4.21. The third-order valence-electron chi connectivity index (χ3n) is 1.96. The van der Waals surface area contributed by atoms with Gasteiger partial charge in [0.05, 0.1) is 10.0 Å². The van der Waals surface area contributed by atoms with Gasteiger partial charge in [0.15, 0.2) is 0 Å². The summed E-state index contributed by atoms with van der Waals surface area (Å²) in [6, 6.07) is 5.20. The van der Waals surface area contributed by atoms with Gasteiger partial charge in [0.2, 0.25) is 0 Å². The molecule has 1 aromatic rings. The van der Waals surface area contributed by atoms with E-state index >= 15 is 0 Å². The van der Waals surface area contributed by atoms with Crippen LogP contribution in [0.3, 0.4) is 0 Å². The number of benzene rings is 1. The normalized spacial score (nSPS) is 10.2. The van der Waals surface area contributed by atoms with E-state index in [9.17, 15) is 0 Å². The first-order valence-corrected chi connectivity index (χ1v) is 5.84. The Bertz CT molecular complexity index is 366. The van der Waals surface area contributed by atoms with Crippen LogP contribution in [0.25, 0.3) is 0 Å². The molecule has 0 unspecified atom stereocenters. The van der Waals surface area contributed by atoms with Crippen molar-refractivity contribution in [3.63, 3.8) is 0 Å². The van der Waals surface area contributed by atoms with Gasteiger partial charge in [-0.2, -0.15) is 0 Å². The molecule has 0 atom stereocenters. The Labute approximate surface area is 106 Å². The van der Waals surface area contributed by atoms with Crippen LogP contribution in [0.4, 0.5) is 0 Å². The molecule has 1 rings (SSSR count). The van der Waals surface area contributed by atoms with Crippen molar-refractivity contribution in [1.82, 2.24) is 5.32 Å². The summed E-state index contributed by atoms with van der Waals surface area (Å²) in [5.74, 6) is 0.701. The molecule has 0 saturated heterocycles. The quantitative estimate of drug-likeness (QED) is 0.790. The van der Waals surface area contributed by atoms with Gasteiger partial charge in [0, 0.05) is 12.6 Å². The van der Waals surface area contributed by atoms with E-state index in [0.717, 1.165) is 18.7 Å². The van der Waals surface area contributed by atoms with Gasteiger partial charge in [0.25, 0.3) is 0 Å². The SMILES string of the molecule is C=C(CNCC)COc1ccc(Cl)c(Cl)c1. The van der Waals surface area contributed by atoms with Crippen LogP contribution in [0.15, 0.2) is 30.4 Å². The first-order valence-electron chi connectivity index (χ1n) is 5.08. The molecule has 0 bridgehead atoms. The average molecular weight is 260 g/mol. The van der Waals surface area contributed by atoms with E-state index in [1.54, 1.807) is 18.2 Å². The molecule has 88 valence electrons. The number of hydrogen-bond acceptors (Lipinski definition) is 2. The number of ether oxygens (including phenoxy) is 1. The largest absolute Gasteiger partial charge is 0.489 e. The van der Waals surface area contributed by atoms with Crippen molar-refractivity contribution in [2.45, 2.75) is 6.92 Å². The van der Waals surface area contributed by atoms with Crippen LogP contribution in [0.2, 0.25) is 10.0 Å². The zero-order valence-electron chi connectivity index (χ0n) is 9.22. The highest BCUT2D eigenvalue weighted by Gasteiger charge is 2.01. The number of rotatable bonds is 6. The summed E-state index contributed by atoms with van der Waals surface area (Å²) in [4.78, 5) is 0. The Kier molecular flexibility index (Phi) is 5.67. The molecule has 0 saturated carbocycles. The molecular formula is C12H15Cl2NO. The van der Waals surface area contributed by atoms with Crippen molar-refractivity contribution in [2.24, 2.45) is 0 Å². The van der Waals surface area contributed by atoms with E-state index in [0.29, 0.717) is 22.4 Å². The second kappa shape index (κ2) is 6.79. The van der Waals surface area contributed by atoms with Gasteiger partial charge in [-0.25, -0.2) is 0 Å². The minimum atomic E-state index is 0.477. The third-order valence-corrected chi connectivity index (χ3v) is 2.70. The highest BCUT2D eigenvalue weighted by molar-refractivity contribution is 6.42. The molecule has 16 heavy (non-hydrogen) atoms. The van der Waals surface area contributed by atoms with Crippen LogP contribution < -0.4 is 10.1 Å². The standard InChI is InChI=1S/C12H15Cl2NO/c1-3-15-7-9(2)8-16-10-4-5-11(13)12(14)6-10/h4-6,15H,2-3,7-8H2,1H3. The van der Waals surface area contributed by atoms with Crippen LogP contribution in [-0.4, -0.2) is 19.7 Å². The maximum atomic E-state index is 5.87. The van der Waals surface area contributed by atoms with E-state index < -0.39 is 0 Å². The average Bonchev–Trinajstić information content (AvgIpc) is 2.28. The van der Waals surface area contributed by atoms with Gasteiger partial charge in [-0.1, -0.05) is 36.7 Å². The number of nitrogens with one attached hydrogen (secondary N) is 1. The summed E-state index contributed by atoms with van der Waals surface area (Å²) < 4.78 is 5.52. The molecule has 0 fully saturated rings. The van der Waals surface area contributed by atoms with E-state index in [2.05, 4.69) is 11.9 Å². The molecule has 0 aliphatic rings. The van der Waals surface area contributed by atoms with Crippen molar-refractivity contribution >= 4 is 23.2 Å². The van der Waals surface area contributed by atoms with Gasteiger partial charge in [-0.15, -0.1) is 0 Å². The van der Waals surface area contributed by atoms with Gasteiger partial charge >= 0.3 is 0 Å². The Morgan fingerprint density at radius 3 is 2.75 bits per heavy atom. The van der Waals surface area contributed by atoms with E-state index in [-0.39, 0.29) is 0 Å². The fourth-order valence-electron chi connectivity index (χ4n) is 1.10. The summed E-state index contributed by atoms with van der Waals surface area (Å²) in [7, 11) is 0. The molecular weight excluding hydrogens is 245 g/mol. The van der Waals surface area contributed by atoms with E-state index in [1.165, 1.54) is 0 Å². The molecule has 0 radical (unpaired) electrons. The topological polar surface area (TPSA) is 21.3 Å². The Balaban J connectivity index is 2.42. The van der Waals surface area contributed by atoms with Crippen LogP contribution in [0.5, 0.6) is 5.75 Å². The second-order valence-electron chi connectivity index (χ2n) is 3.39. The van der Waals surface area contributed by atoms with Crippen LogP contribution in [-0.2, 0) is 0 Å². The van der Waals surface area contributed by atoms with E-state index in [4.69, 9.17) is 27.9 Å². The molecule has 0 heterocycles. The highest BCUT2D eigenvalue weighted by atomic mass is 35.5. The van der Waals surface area contributed by atoms with Crippen molar-refractivity contribution in [1.29, 1.82) is 0 Å². The third kappa shape index (κ3) is 4.44. The number of hydrogen-bond donors (Lipinski definition) is 1. The summed E-state index contributed by atoms with van der Waals surface area (Å²) in [6.45, 7) is 8.11. The molecule has 0 aromatic heterocycles. The molecule has 2 nitrogen and oxygen atoms in total. The summed E-state index contributed by atoms with van der Waals surface area (Å²) in [6.07, 6.45) is 0. The van der Waals surface area contributed by atoms with E-state index in [1.807, 2.05) is 6.92 Å². The lowest BCUT2D eigenvalue weighted by Gasteiger charge is -2.09. The maximum absolute atomic E-state index is 5.87. The Hall–Kier alpha value is -0.700. The molecule has 0 amide bonds. The molecule has 1 aromatic carbocycles. The molecule has 4 heteroatoms. The maximum Gasteiger partial charge on any atom is 0.121 e. The van der Waals surface area contributed by atoms with Crippen molar-refractivity contribution in [3.05, 3.63) is 40.4 Å². The van der Waals surface area contributed by atoms with Crippen LogP contribution in [0.1, 0.15) is 6.92 Å². The van der Waals surface area contributed by atoms with Gasteiger partial charge in [-0.05, 0) is 24.3 Å². The first-order chi connectivity index (χ1) is 7.63. The zero-order chi connectivity index (χ0) is 12.0. The number of likely N-dealkylation sites (N-methyl/N-ethyl adjacent to an activating group) is 1. The van der Waals surface area contributed by atoms with Crippen LogP contribution >= 0.6 is 23.2 Å². The lowest BCUT2D eigenvalue weighted by Crippen LogP contribution is -2.18. The molecule has 1 N–H and O–H groups in total. The van der Waals surface area contributed by atoms with Crippen molar-refractivity contribution in [2.75, 3.05) is 19.7 Å². The zero-order valence-corrected chi connectivity index (χ0v) is 10.7. The van der Waals surface area contributed by atoms with Gasteiger partial charge in [0.1, 0.15) is 12.4 Å². The summed E-state index contributed by atoms with van der Waals surface area (Å²) in [5.41, 5.74) is 0.993. The predicted molar refractivity (Wildman–Crippen MR) is 69.6 cm³/mol. The van der Waals surface area contributed by atoms with Crippen molar-refractivity contribution < 1.29 is 4.74 Å². The predicted octanol–water partition coefficient (Wildman–Crippen LogP) is 3.54. The monoisotopic (exact) mass is 259 g/mol.